The lowest BCUT2D eigenvalue weighted by molar-refractivity contribution is 0.592. The van der Waals surface area contributed by atoms with Crippen LogP contribution in [-0.4, -0.2) is 10.2 Å². The normalized spacial score (nSPS) is 11.3. The Morgan fingerprint density at radius 3 is 1.74 bits per heavy atom. The minimum Gasteiger partial charge on any atom is -0.309 e. The highest BCUT2D eigenvalue weighted by Gasteiger charge is 2.32. The van der Waals surface area contributed by atoms with Gasteiger partial charge in [-0.05, 0) is 12.1 Å². The van der Waals surface area contributed by atoms with Crippen LogP contribution in [0.1, 0.15) is 0 Å². The first-order valence-corrected chi connectivity index (χ1v) is 10.6. The van der Waals surface area contributed by atoms with Crippen LogP contribution < -0.4 is 15.9 Å². The molecule has 0 spiro atoms. The highest BCUT2D eigenvalue weighted by Crippen LogP contribution is 2.44. The largest absolute Gasteiger partial charge is 0.309 e. The van der Waals surface area contributed by atoms with E-state index in [-0.39, 0.29) is 0 Å². The molecule has 1 heterocycles. The molecule has 3 nitrogen and oxygen atoms in total. The number of halogens is 1. The lowest BCUT2D eigenvalue weighted by Crippen LogP contribution is -2.26. The molecule has 1 aromatic heterocycles. The van der Waals surface area contributed by atoms with Crippen molar-refractivity contribution >= 4 is 34.7 Å². The summed E-state index contributed by atoms with van der Waals surface area (Å²) in [5, 5.41) is 10.8. The van der Waals surface area contributed by atoms with Gasteiger partial charge in [-0.2, -0.15) is 0 Å². The maximum atomic E-state index is 14.6. The Morgan fingerprint density at radius 2 is 1.19 bits per heavy atom. The third-order valence-electron chi connectivity index (χ3n) is 4.39. The van der Waals surface area contributed by atoms with Crippen molar-refractivity contribution in [1.82, 2.24) is 10.2 Å². The van der Waals surface area contributed by atoms with Crippen LogP contribution in [-0.2, 0) is 4.57 Å². The topological polar surface area (TPSA) is 42.9 Å². The predicted molar refractivity (Wildman–Crippen MR) is 112 cm³/mol. The van der Waals surface area contributed by atoms with Crippen LogP contribution in [0.4, 0.5) is 0 Å². The quantitative estimate of drug-likeness (QED) is 0.484. The second-order valence-corrected chi connectivity index (χ2v) is 9.16. The standard InChI is InChI=1S/C22H16ClN2OP/c23-22-16-15-20(24-25-22)19-13-7-8-14-21(19)27(26,17-9-3-1-4-10-17)18-11-5-2-6-12-18/h1-16H. The van der Waals surface area contributed by atoms with Gasteiger partial charge in [-0.1, -0.05) is 96.5 Å². The molecule has 0 bridgehead atoms. The first kappa shape index (κ1) is 17.7. The van der Waals surface area contributed by atoms with Crippen molar-refractivity contribution in [2.75, 3.05) is 0 Å². The highest BCUT2D eigenvalue weighted by molar-refractivity contribution is 7.85. The Morgan fingerprint density at radius 1 is 0.630 bits per heavy atom. The van der Waals surface area contributed by atoms with Crippen LogP contribution in [0.3, 0.4) is 0 Å². The van der Waals surface area contributed by atoms with E-state index in [0.717, 1.165) is 21.5 Å². The van der Waals surface area contributed by atoms with Crippen LogP contribution in [0.15, 0.2) is 97.1 Å². The predicted octanol–water partition coefficient (Wildman–Crippen LogP) is 4.44. The molecular weight excluding hydrogens is 375 g/mol. The van der Waals surface area contributed by atoms with Gasteiger partial charge in [0.25, 0.3) is 0 Å². The highest BCUT2D eigenvalue weighted by atomic mass is 35.5. The van der Waals surface area contributed by atoms with Crippen LogP contribution >= 0.6 is 18.7 Å². The molecule has 0 radical (unpaired) electrons. The first-order valence-electron chi connectivity index (χ1n) is 8.50. The van der Waals surface area contributed by atoms with Gasteiger partial charge in [0.05, 0.1) is 5.69 Å². The molecule has 4 rings (SSSR count). The second kappa shape index (κ2) is 7.48. The zero-order chi connectivity index (χ0) is 18.7. The molecular formula is C22H16ClN2OP. The van der Waals surface area contributed by atoms with E-state index in [9.17, 15) is 4.57 Å². The second-order valence-electron chi connectivity index (χ2n) is 6.04. The van der Waals surface area contributed by atoms with Crippen molar-refractivity contribution in [2.24, 2.45) is 0 Å². The van der Waals surface area contributed by atoms with E-state index in [1.165, 1.54) is 0 Å². The van der Waals surface area contributed by atoms with Crippen LogP contribution in [0.5, 0.6) is 0 Å². The van der Waals surface area contributed by atoms with E-state index >= 15 is 0 Å². The fourth-order valence-electron chi connectivity index (χ4n) is 3.13. The van der Waals surface area contributed by atoms with E-state index < -0.39 is 7.14 Å². The van der Waals surface area contributed by atoms with Crippen molar-refractivity contribution in [3.05, 3.63) is 102 Å². The number of aromatic nitrogens is 2. The summed E-state index contributed by atoms with van der Waals surface area (Å²) >= 11 is 5.89. The van der Waals surface area contributed by atoms with Gasteiger partial charge in [-0.25, -0.2) is 0 Å². The summed E-state index contributed by atoms with van der Waals surface area (Å²) in [7, 11) is -3.09. The van der Waals surface area contributed by atoms with E-state index in [4.69, 9.17) is 11.6 Å². The number of rotatable bonds is 4. The summed E-state index contributed by atoms with van der Waals surface area (Å²) in [6.07, 6.45) is 0. The molecule has 0 aliphatic rings. The fourth-order valence-corrected chi connectivity index (χ4v) is 6.09. The van der Waals surface area contributed by atoms with Crippen molar-refractivity contribution in [2.45, 2.75) is 0 Å². The third kappa shape index (κ3) is 3.32. The number of benzene rings is 3. The Balaban J connectivity index is 2.01. The maximum absolute atomic E-state index is 14.6. The SMILES string of the molecule is O=P(c1ccccc1)(c1ccccc1)c1ccccc1-c1ccc(Cl)nn1. The molecule has 5 heteroatoms. The van der Waals surface area contributed by atoms with E-state index in [2.05, 4.69) is 10.2 Å². The van der Waals surface area contributed by atoms with Crippen molar-refractivity contribution < 1.29 is 4.57 Å². The van der Waals surface area contributed by atoms with Crippen molar-refractivity contribution in [1.29, 1.82) is 0 Å². The summed E-state index contributed by atoms with van der Waals surface area (Å²) in [6, 6.07) is 30.3. The summed E-state index contributed by atoms with van der Waals surface area (Å²) in [5.74, 6) is 0. The maximum Gasteiger partial charge on any atom is 0.171 e. The van der Waals surface area contributed by atoms with Gasteiger partial charge in [0.1, 0.15) is 0 Å². The molecule has 0 atom stereocenters. The Hall–Kier alpha value is -2.74. The molecule has 0 saturated heterocycles. The zero-order valence-corrected chi connectivity index (χ0v) is 16.0. The van der Waals surface area contributed by atoms with Crippen LogP contribution in [0.25, 0.3) is 11.3 Å². The van der Waals surface area contributed by atoms with Gasteiger partial charge in [0.2, 0.25) is 0 Å². The number of nitrogens with zero attached hydrogens (tertiary/aromatic N) is 2. The minimum absolute atomic E-state index is 0.325. The van der Waals surface area contributed by atoms with E-state index in [1.54, 1.807) is 12.1 Å². The van der Waals surface area contributed by atoms with Crippen molar-refractivity contribution in [3.63, 3.8) is 0 Å². The Labute approximate surface area is 163 Å². The van der Waals surface area contributed by atoms with E-state index in [1.807, 2.05) is 84.9 Å². The van der Waals surface area contributed by atoms with Gasteiger partial charge in [0, 0.05) is 21.5 Å². The molecule has 27 heavy (non-hydrogen) atoms. The lowest BCUT2D eigenvalue weighted by atomic mass is 10.1. The smallest absolute Gasteiger partial charge is 0.171 e. The molecule has 0 fully saturated rings. The molecule has 0 aliphatic carbocycles. The van der Waals surface area contributed by atoms with Gasteiger partial charge in [0.15, 0.2) is 12.3 Å². The monoisotopic (exact) mass is 390 g/mol. The summed E-state index contributed by atoms with van der Waals surface area (Å²) in [4.78, 5) is 0. The average Bonchev–Trinajstić information content (AvgIpc) is 2.75. The van der Waals surface area contributed by atoms with Crippen LogP contribution in [0, 0.1) is 0 Å². The van der Waals surface area contributed by atoms with Gasteiger partial charge >= 0.3 is 0 Å². The molecule has 3 aromatic carbocycles. The van der Waals surface area contributed by atoms with Crippen molar-refractivity contribution in [3.8, 4) is 11.3 Å². The lowest BCUT2D eigenvalue weighted by Gasteiger charge is -2.22. The first-order chi connectivity index (χ1) is 13.2. The molecule has 0 saturated carbocycles. The van der Waals surface area contributed by atoms with Gasteiger partial charge in [-0.15, -0.1) is 10.2 Å². The Kier molecular flexibility index (Phi) is 4.89. The minimum atomic E-state index is -3.09. The summed E-state index contributed by atoms with van der Waals surface area (Å²) in [6.45, 7) is 0. The zero-order valence-electron chi connectivity index (χ0n) is 14.4. The van der Waals surface area contributed by atoms with Gasteiger partial charge in [-0.3, -0.25) is 0 Å². The van der Waals surface area contributed by atoms with Crippen LogP contribution in [0.2, 0.25) is 5.15 Å². The number of hydrogen-bond acceptors (Lipinski definition) is 3. The van der Waals surface area contributed by atoms with Gasteiger partial charge < -0.3 is 4.57 Å². The molecule has 0 amide bonds. The molecule has 0 N–H and O–H groups in total. The number of hydrogen-bond donors (Lipinski definition) is 0. The average molecular weight is 391 g/mol. The molecule has 0 aliphatic heterocycles. The molecule has 4 aromatic rings. The molecule has 0 unspecified atom stereocenters. The summed E-state index contributed by atoms with van der Waals surface area (Å²) in [5.41, 5.74) is 1.43. The summed E-state index contributed by atoms with van der Waals surface area (Å²) < 4.78 is 14.6. The molecule has 132 valence electrons. The Bertz CT molecular complexity index is 1060. The fraction of sp³-hybridized carbons (Fsp3) is 0. The van der Waals surface area contributed by atoms with E-state index in [0.29, 0.717) is 10.8 Å². The third-order valence-corrected chi connectivity index (χ3v) is 7.71.